The molecule has 11 rings (SSSR count). The number of anilines is 3. The average molecular weight is 802 g/mol. The van der Waals surface area contributed by atoms with Crippen molar-refractivity contribution in [2.24, 2.45) is 0 Å². The summed E-state index contributed by atoms with van der Waals surface area (Å²) in [4.78, 5) is 2.40. The van der Waals surface area contributed by atoms with E-state index in [1.807, 2.05) is 0 Å². The Hall–Kier alpha value is -8.26. The van der Waals surface area contributed by atoms with Gasteiger partial charge in [-0.05, 0) is 125 Å². The quantitative estimate of drug-likeness (QED) is 0.141. The first kappa shape index (κ1) is 37.7. The minimum atomic E-state index is 1.09. The molecule has 0 bridgehead atoms. The molecular weight excluding hydrogens is 759 g/mol. The van der Waals surface area contributed by atoms with Gasteiger partial charge in [0.1, 0.15) is 0 Å². The van der Waals surface area contributed by atoms with E-state index in [1.165, 1.54) is 88.3 Å². The molecule has 296 valence electrons. The van der Waals surface area contributed by atoms with Gasteiger partial charge in [-0.3, -0.25) is 0 Å². The van der Waals surface area contributed by atoms with E-state index in [-0.39, 0.29) is 0 Å². The first-order valence-corrected chi connectivity index (χ1v) is 21.7. The molecule has 0 atom stereocenters. The maximum atomic E-state index is 2.40. The molecule has 0 spiro atoms. The van der Waals surface area contributed by atoms with Crippen LogP contribution < -0.4 is 4.90 Å². The summed E-state index contributed by atoms with van der Waals surface area (Å²) in [6.45, 7) is 0. The van der Waals surface area contributed by atoms with E-state index in [0.717, 1.165) is 17.1 Å². The number of hydrogen-bond donors (Lipinski definition) is 0. The molecule has 0 amide bonds. The summed E-state index contributed by atoms with van der Waals surface area (Å²) in [5, 5.41) is 4.96. The molecule has 0 unspecified atom stereocenters. The van der Waals surface area contributed by atoms with Gasteiger partial charge in [0, 0.05) is 16.9 Å². The highest BCUT2D eigenvalue weighted by molar-refractivity contribution is 6.01. The molecule has 0 N–H and O–H groups in total. The summed E-state index contributed by atoms with van der Waals surface area (Å²) < 4.78 is 0. The summed E-state index contributed by atoms with van der Waals surface area (Å²) in [6, 6.07) is 94.6. The van der Waals surface area contributed by atoms with Gasteiger partial charge in [-0.25, -0.2) is 0 Å². The van der Waals surface area contributed by atoms with Gasteiger partial charge in [-0.2, -0.15) is 0 Å². The topological polar surface area (TPSA) is 3.24 Å². The van der Waals surface area contributed by atoms with Gasteiger partial charge >= 0.3 is 0 Å². The van der Waals surface area contributed by atoms with Crippen molar-refractivity contribution in [3.8, 4) is 66.8 Å². The number of rotatable bonds is 9. The van der Waals surface area contributed by atoms with Crippen LogP contribution in [-0.2, 0) is 0 Å². The molecule has 11 aromatic rings. The van der Waals surface area contributed by atoms with Crippen molar-refractivity contribution in [1.29, 1.82) is 0 Å². The minimum Gasteiger partial charge on any atom is -0.310 e. The van der Waals surface area contributed by atoms with Gasteiger partial charge in [-0.1, -0.05) is 218 Å². The van der Waals surface area contributed by atoms with E-state index in [0.29, 0.717) is 0 Å². The lowest BCUT2D eigenvalue weighted by Gasteiger charge is -2.28. The lowest BCUT2D eigenvalue weighted by atomic mass is 9.90. The van der Waals surface area contributed by atoms with Crippen LogP contribution in [0, 0.1) is 0 Å². The van der Waals surface area contributed by atoms with Crippen LogP contribution in [-0.4, -0.2) is 0 Å². The Morgan fingerprint density at radius 1 is 0.206 bits per heavy atom. The van der Waals surface area contributed by atoms with Crippen molar-refractivity contribution >= 4 is 38.6 Å². The molecule has 0 saturated heterocycles. The van der Waals surface area contributed by atoms with Crippen molar-refractivity contribution in [1.82, 2.24) is 0 Å². The van der Waals surface area contributed by atoms with Gasteiger partial charge in [0.25, 0.3) is 0 Å². The molecule has 11 aromatic carbocycles. The zero-order valence-electron chi connectivity index (χ0n) is 34.8. The number of benzene rings is 11. The first-order chi connectivity index (χ1) is 31.2. The van der Waals surface area contributed by atoms with E-state index in [9.17, 15) is 0 Å². The van der Waals surface area contributed by atoms with Gasteiger partial charge in [0.05, 0.1) is 5.69 Å². The van der Waals surface area contributed by atoms with E-state index in [1.54, 1.807) is 0 Å². The van der Waals surface area contributed by atoms with Gasteiger partial charge in [-0.15, -0.1) is 0 Å². The van der Waals surface area contributed by atoms with Crippen molar-refractivity contribution in [2.75, 3.05) is 4.90 Å². The predicted octanol–water partition coefficient (Wildman–Crippen LogP) is 17.5. The third-order valence-electron chi connectivity index (χ3n) is 12.3. The van der Waals surface area contributed by atoms with E-state index in [2.05, 4.69) is 266 Å². The molecule has 1 nitrogen and oxygen atoms in total. The maximum absolute atomic E-state index is 2.40. The first-order valence-electron chi connectivity index (χ1n) is 21.7. The monoisotopic (exact) mass is 801 g/mol. The van der Waals surface area contributed by atoms with Crippen molar-refractivity contribution in [3.05, 3.63) is 261 Å². The number of fused-ring (bicyclic) bond motifs is 2. The zero-order chi connectivity index (χ0) is 42.0. The second kappa shape index (κ2) is 16.7. The SMILES string of the molecule is c1ccc(-c2ccc(-c3ccccc3)c(-c3ccc(-c4ccc(N(c5ccc(-c6ccc7ccccc7c6)cc5)c5ccccc5-c5cccc6ccccc56)cc4)cc3)c2)cc1. The van der Waals surface area contributed by atoms with Crippen LogP contribution in [0.2, 0.25) is 0 Å². The van der Waals surface area contributed by atoms with Crippen molar-refractivity contribution in [2.45, 2.75) is 0 Å². The fraction of sp³-hybridized carbons (Fsp3) is 0. The Kier molecular flexibility index (Phi) is 9.97. The molecule has 0 aliphatic heterocycles. The summed E-state index contributed by atoms with van der Waals surface area (Å²) in [5.74, 6) is 0. The molecule has 0 saturated carbocycles. The molecule has 0 fully saturated rings. The summed E-state index contributed by atoms with van der Waals surface area (Å²) >= 11 is 0. The normalized spacial score (nSPS) is 11.2. The van der Waals surface area contributed by atoms with Crippen LogP contribution in [0.15, 0.2) is 261 Å². The highest BCUT2D eigenvalue weighted by Gasteiger charge is 2.19. The summed E-state index contributed by atoms with van der Waals surface area (Å²) in [6.07, 6.45) is 0. The van der Waals surface area contributed by atoms with Crippen LogP contribution in [0.5, 0.6) is 0 Å². The second-order valence-electron chi connectivity index (χ2n) is 16.1. The van der Waals surface area contributed by atoms with Crippen LogP contribution in [0.25, 0.3) is 88.3 Å². The molecule has 1 heteroatoms. The fourth-order valence-corrected chi connectivity index (χ4v) is 9.06. The van der Waals surface area contributed by atoms with Gasteiger partial charge in [0.15, 0.2) is 0 Å². The van der Waals surface area contributed by atoms with Crippen LogP contribution in [0.1, 0.15) is 0 Å². The number of nitrogens with zero attached hydrogens (tertiary/aromatic N) is 1. The Morgan fingerprint density at radius 2 is 0.651 bits per heavy atom. The fourth-order valence-electron chi connectivity index (χ4n) is 9.06. The molecule has 0 heterocycles. The minimum absolute atomic E-state index is 1.09. The smallest absolute Gasteiger partial charge is 0.0540 e. The third kappa shape index (κ3) is 7.47. The molecule has 63 heavy (non-hydrogen) atoms. The third-order valence-corrected chi connectivity index (χ3v) is 12.3. The van der Waals surface area contributed by atoms with Gasteiger partial charge in [0.2, 0.25) is 0 Å². The standard InChI is InChI=1S/C62H43N/c1-3-14-44(15-4-1)54-36-41-58(49-17-5-2-6-18-49)61(43-54)51-29-26-46(27-30-51)47-32-37-55(38-33-47)63(56-39-34-48(35-40-56)53-31-28-45-16-7-8-20-52(45)42-53)62-25-12-11-23-60(62)59-24-13-21-50-19-9-10-22-57(50)59/h1-43H. The molecule has 0 aromatic heterocycles. The summed E-state index contributed by atoms with van der Waals surface area (Å²) in [7, 11) is 0. The molecular formula is C62H43N. The number of para-hydroxylation sites is 1. The molecule has 0 aliphatic carbocycles. The average Bonchev–Trinajstić information content (AvgIpc) is 3.37. The molecule has 0 aliphatic rings. The number of hydrogen-bond acceptors (Lipinski definition) is 1. The molecule has 0 radical (unpaired) electrons. The van der Waals surface area contributed by atoms with Gasteiger partial charge < -0.3 is 4.90 Å². The highest BCUT2D eigenvalue weighted by atomic mass is 15.1. The zero-order valence-corrected chi connectivity index (χ0v) is 34.8. The Morgan fingerprint density at radius 3 is 1.37 bits per heavy atom. The van der Waals surface area contributed by atoms with Crippen LogP contribution in [0.3, 0.4) is 0 Å². The lowest BCUT2D eigenvalue weighted by molar-refractivity contribution is 1.28. The summed E-state index contributed by atoms with van der Waals surface area (Å²) in [5.41, 5.74) is 17.7. The largest absolute Gasteiger partial charge is 0.310 e. The Labute approximate surface area is 369 Å². The maximum Gasteiger partial charge on any atom is 0.0540 e. The Bertz CT molecular complexity index is 3340. The Balaban J connectivity index is 0.972. The predicted molar refractivity (Wildman–Crippen MR) is 269 cm³/mol. The van der Waals surface area contributed by atoms with Crippen molar-refractivity contribution < 1.29 is 0 Å². The van der Waals surface area contributed by atoms with Crippen LogP contribution >= 0.6 is 0 Å². The highest BCUT2D eigenvalue weighted by Crippen LogP contribution is 2.44. The lowest BCUT2D eigenvalue weighted by Crippen LogP contribution is -2.11. The van der Waals surface area contributed by atoms with E-state index in [4.69, 9.17) is 0 Å². The van der Waals surface area contributed by atoms with Crippen molar-refractivity contribution in [3.63, 3.8) is 0 Å². The second-order valence-corrected chi connectivity index (χ2v) is 16.1. The van der Waals surface area contributed by atoms with Crippen LogP contribution in [0.4, 0.5) is 17.1 Å². The van der Waals surface area contributed by atoms with E-state index < -0.39 is 0 Å². The van der Waals surface area contributed by atoms with E-state index >= 15 is 0 Å².